The molecule has 2 rings (SSSR count). The van der Waals surface area contributed by atoms with Crippen molar-refractivity contribution >= 4 is 29.9 Å². The van der Waals surface area contributed by atoms with Gasteiger partial charge >= 0.3 is 6.18 Å². The summed E-state index contributed by atoms with van der Waals surface area (Å²) < 4.78 is 46.2. The molecule has 0 bridgehead atoms. The van der Waals surface area contributed by atoms with E-state index in [4.69, 9.17) is 4.74 Å². The molecular formula is C18H22F3IN4O2. The van der Waals surface area contributed by atoms with Gasteiger partial charge in [0, 0.05) is 32.4 Å². The predicted octanol–water partition coefficient (Wildman–Crippen LogP) is 3.51. The minimum absolute atomic E-state index is 0. The van der Waals surface area contributed by atoms with Crippen molar-refractivity contribution in [3.8, 4) is 11.6 Å². The molecular weight excluding hydrogens is 488 g/mol. The van der Waals surface area contributed by atoms with Crippen LogP contribution in [-0.2, 0) is 13.1 Å². The average Bonchev–Trinajstić information content (AvgIpc) is 2.67. The summed E-state index contributed by atoms with van der Waals surface area (Å²) in [4.78, 5) is 8.18. The monoisotopic (exact) mass is 510 g/mol. The number of benzene rings is 1. The number of aromatic nitrogens is 1. The van der Waals surface area contributed by atoms with Crippen molar-refractivity contribution in [1.82, 2.24) is 15.6 Å². The fourth-order valence-corrected chi connectivity index (χ4v) is 2.13. The Bertz CT molecular complexity index is 755. The van der Waals surface area contributed by atoms with Crippen molar-refractivity contribution in [3.05, 3.63) is 53.7 Å². The highest BCUT2D eigenvalue weighted by molar-refractivity contribution is 14.0. The van der Waals surface area contributed by atoms with E-state index >= 15 is 0 Å². The molecule has 0 atom stereocenters. The van der Waals surface area contributed by atoms with Crippen molar-refractivity contribution in [2.24, 2.45) is 4.99 Å². The highest BCUT2D eigenvalue weighted by atomic mass is 127. The molecule has 0 saturated heterocycles. The molecule has 1 heterocycles. The summed E-state index contributed by atoms with van der Waals surface area (Å²) in [7, 11) is 3.20. The molecule has 0 aliphatic heterocycles. The number of hydrogen-bond acceptors (Lipinski definition) is 4. The van der Waals surface area contributed by atoms with Gasteiger partial charge in [0.15, 0.2) is 12.6 Å². The second-order valence-electron chi connectivity index (χ2n) is 5.53. The zero-order valence-electron chi connectivity index (χ0n) is 15.4. The Balaban J connectivity index is 0.00000392. The van der Waals surface area contributed by atoms with Gasteiger partial charge in [0.25, 0.3) is 0 Å². The Hall–Kier alpha value is -2.24. The number of nitrogens with zero attached hydrogens (tertiary/aromatic N) is 2. The van der Waals surface area contributed by atoms with Crippen LogP contribution < -0.4 is 20.1 Å². The van der Waals surface area contributed by atoms with Crippen LogP contribution in [-0.4, -0.2) is 37.9 Å². The van der Waals surface area contributed by atoms with E-state index in [1.165, 1.54) is 12.1 Å². The number of rotatable bonds is 7. The number of halogens is 4. The van der Waals surface area contributed by atoms with Crippen LogP contribution in [0.2, 0.25) is 0 Å². The van der Waals surface area contributed by atoms with Gasteiger partial charge in [-0.2, -0.15) is 13.2 Å². The van der Waals surface area contributed by atoms with E-state index in [9.17, 15) is 13.2 Å². The van der Waals surface area contributed by atoms with Gasteiger partial charge in [0.1, 0.15) is 5.75 Å². The summed E-state index contributed by atoms with van der Waals surface area (Å²) in [6.45, 7) is -0.317. The van der Waals surface area contributed by atoms with E-state index in [0.29, 0.717) is 24.9 Å². The maximum Gasteiger partial charge on any atom is 0.422 e. The number of ether oxygens (including phenoxy) is 2. The van der Waals surface area contributed by atoms with E-state index in [0.717, 1.165) is 11.1 Å². The van der Waals surface area contributed by atoms with Gasteiger partial charge in [-0.05, 0) is 29.3 Å². The molecule has 0 saturated carbocycles. The van der Waals surface area contributed by atoms with Gasteiger partial charge in [-0.1, -0.05) is 12.1 Å². The number of hydrogen-bond donors (Lipinski definition) is 2. The Kier molecular flexibility index (Phi) is 9.83. The van der Waals surface area contributed by atoms with Gasteiger partial charge in [-0.3, -0.25) is 4.99 Å². The largest absolute Gasteiger partial charge is 0.484 e. The lowest BCUT2D eigenvalue weighted by molar-refractivity contribution is -0.153. The average molecular weight is 510 g/mol. The Morgan fingerprint density at radius 3 is 2.29 bits per heavy atom. The van der Waals surface area contributed by atoms with E-state index in [1.807, 2.05) is 12.1 Å². The van der Waals surface area contributed by atoms with Crippen molar-refractivity contribution in [2.75, 3.05) is 20.8 Å². The van der Waals surface area contributed by atoms with Crippen molar-refractivity contribution in [3.63, 3.8) is 0 Å². The molecule has 1 aromatic carbocycles. The summed E-state index contributed by atoms with van der Waals surface area (Å²) >= 11 is 0. The standard InChI is InChI=1S/C18H21F3N4O2.HI/c1-22-17(25-11-14-7-8-23-16(9-14)26-2)24-10-13-3-5-15(6-4-13)27-12-18(19,20)21;/h3-9H,10-12H2,1-2H3,(H2,22,24,25);1H. The van der Waals surface area contributed by atoms with Crippen LogP contribution in [0, 0.1) is 0 Å². The highest BCUT2D eigenvalue weighted by Crippen LogP contribution is 2.18. The second-order valence-corrected chi connectivity index (χ2v) is 5.53. The lowest BCUT2D eigenvalue weighted by Gasteiger charge is -2.13. The minimum atomic E-state index is -4.35. The topological polar surface area (TPSA) is 67.8 Å². The minimum Gasteiger partial charge on any atom is -0.484 e. The maximum atomic E-state index is 12.1. The van der Waals surface area contributed by atoms with Crippen LogP contribution >= 0.6 is 24.0 Å². The molecule has 2 aromatic rings. The summed E-state index contributed by atoms with van der Waals surface area (Å²) in [5.74, 6) is 1.29. The molecule has 0 aliphatic carbocycles. The van der Waals surface area contributed by atoms with Gasteiger partial charge in [0.05, 0.1) is 7.11 Å². The van der Waals surface area contributed by atoms with E-state index in [1.54, 1.807) is 32.5 Å². The number of aliphatic imine (C=N–C) groups is 1. The first-order valence-electron chi connectivity index (χ1n) is 8.11. The zero-order chi connectivity index (χ0) is 19.7. The van der Waals surface area contributed by atoms with Crippen LogP contribution in [0.3, 0.4) is 0 Å². The summed E-state index contributed by atoms with van der Waals surface area (Å²) in [5, 5.41) is 6.29. The van der Waals surface area contributed by atoms with Gasteiger partial charge in [0.2, 0.25) is 5.88 Å². The van der Waals surface area contributed by atoms with Gasteiger partial charge < -0.3 is 20.1 Å². The molecule has 28 heavy (non-hydrogen) atoms. The Morgan fingerprint density at radius 1 is 1.07 bits per heavy atom. The first kappa shape index (κ1) is 23.8. The quantitative estimate of drug-likeness (QED) is 0.339. The molecule has 6 nitrogen and oxygen atoms in total. The van der Waals surface area contributed by atoms with Crippen LogP contribution in [0.25, 0.3) is 0 Å². The molecule has 154 valence electrons. The summed E-state index contributed by atoms with van der Waals surface area (Å²) in [6, 6.07) is 10.1. The van der Waals surface area contributed by atoms with Crippen LogP contribution in [0.5, 0.6) is 11.6 Å². The summed E-state index contributed by atoms with van der Waals surface area (Å²) in [6.07, 6.45) is -2.69. The molecule has 0 radical (unpaired) electrons. The molecule has 0 spiro atoms. The number of alkyl halides is 3. The van der Waals surface area contributed by atoms with Crippen molar-refractivity contribution < 1.29 is 22.6 Å². The number of guanidine groups is 1. The SMILES string of the molecule is CN=C(NCc1ccc(OCC(F)(F)F)cc1)NCc1ccnc(OC)c1.I. The Labute approximate surface area is 178 Å². The zero-order valence-corrected chi connectivity index (χ0v) is 17.7. The third kappa shape index (κ3) is 8.63. The van der Waals surface area contributed by atoms with E-state index in [-0.39, 0.29) is 29.7 Å². The van der Waals surface area contributed by atoms with E-state index < -0.39 is 12.8 Å². The van der Waals surface area contributed by atoms with Crippen molar-refractivity contribution in [2.45, 2.75) is 19.3 Å². The molecule has 0 unspecified atom stereocenters. The van der Waals surface area contributed by atoms with E-state index in [2.05, 4.69) is 25.3 Å². The fraction of sp³-hybridized carbons (Fsp3) is 0.333. The number of nitrogens with one attached hydrogen (secondary N) is 2. The fourth-order valence-electron chi connectivity index (χ4n) is 2.13. The molecule has 10 heteroatoms. The third-order valence-corrected chi connectivity index (χ3v) is 3.48. The smallest absolute Gasteiger partial charge is 0.422 e. The molecule has 2 N–H and O–H groups in total. The van der Waals surface area contributed by atoms with Crippen molar-refractivity contribution in [1.29, 1.82) is 0 Å². The van der Waals surface area contributed by atoms with Gasteiger partial charge in [-0.15, -0.1) is 24.0 Å². The number of methoxy groups -OCH3 is 1. The lowest BCUT2D eigenvalue weighted by Crippen LogP contribution is -2.36. The highest BCUT2D eigenvalue weighted by Gasteiger charge is 2.28. The predicted molar refractivity (Wildman–Crippen MR) is 111 cm³/mol. The molecule has 1 aromatic heterocycles. The van der Waals surface area contributed by atoms with Crippen LogP contribution in [0.15, 0.2) is 47.6 Å². The van der Waals surface area contributed by atoms with Gasteiger partial charge in [-0.25, -0.2) is 4.98 Å². The second kappa shape index (κ2) is 11.6. The van der Waals surface area contributed by atoms with Crippen LogP contribution in [0.4, 0.5) is 13.2 Å². The molecule has 0 amide bonds. The first-order valence-corrected chi connectivity index (χ1v) is 8.11. The number of pyridine rings is 1. The molecule has 0 aliphatic rings. The first-order chi connectivity index (χ1) is 12.9. The maximum absolute atomic E-state index is 12.1. The normalized spacial score (nSPS) is 11.4. The van der Waals surface area contributed by atoms with Crippen LogP contribution in [0.1, 0.15) is 11.1 Å². The summed E-state index contributed by atoms with van der Waals surface area (Å²) in [5.41, 5.74) is 1.86. The Morgan fingerprint density at radius 2 is 1.71 bits per heavy atom. The third-order valence-electron chi connectivity index (χ3n) is 3.48. The lowest BCUT2D eigenvalue weighted by atomic mass is 10.2. The molecule has 0 fully saturated rings.